The summed E-state index contributed by atoms with van der Waals surface area (Å²) in [5.74, 6) is 0.517. The molecule has 31 heavy (non-hydrogen) atoms. The topological polar surface area (TPSA) is 94.3 Å². The molecule has 160 valence electrons. The predicted octanol–water partition coefficient (Wildman–Crippen LogP) is 3.86. The van der Waals surface area contributed by atoms with Gasteiger partial charge in [-0.05, 0) is 35.2 Å². The van der Waals surface area contributed by atoms with E-state index in [4.69, 9.17) is 11.6 Å². The number of aromatic amines is 1. The van der Waals surface area contributed by atoms with Crippen LogP contribution in [0.3, 0.4) is 0 Å². The van der Waals surface area contributed by atoms with Crippen molar-refractivity contribution in [3.8, 4) is 22.5 Å². The lowest BCUT2D eigenvalue weighted by Gasteiger charge is -2.10. The molecule has 0 atom stereocenters. The summed E-state index contributed by atoms with van der Waals surface area (Å²) in [6.45, 7) is 2.64. The van der Waals surface area contributed by atoms with Crippen LogP contribution < -0.4 is 5.69 Å². The molecular formula is C22H24ClN7O. The van der Waals surface area contributed by atoms with Crippen LogP contribution in [0.4, 0.5) is 0 Å². The molecule has 0 unspecified atom stereocenters. The Morgan fingerprint density at radius 2 is 1.90 bits per heavy atom. The Hall–Kier alpha value is -3.26. The zero-order chi connectivity index (χ0) is 21.8. The normalized spacial score (nSPS) is 11.2. The highest BCUT2D eigenvalue weighted by Crippen LogP contribution is 2.29. The minimum absolute atomic E-state index is 0.0905. The van der Waals surface area contributed by atoms with Crippen molar-refractivity contribution in [3.63, 3.8) is 0 Å². The maximum atomic E-state index is 12.7. The smallest absolute Gasteiger partial charge is 0.290 e. The molecule has 4 aromatic rings. The van der Waals surface area contributed by atoms with Gasteiger partial charge in [0.15, 0.2) is 0 Å². The molecule has 0 radical (unpaired) electrons. The van der Waals surface area contributed by atoms with Gasteiger partial charge in [0.1, 0.15) is 5.15 Å². The van der Waals surface area contributed by atoms with Crippen LogP contribution in [0.2, 0.25) is 5.15 Å². The first-order valence-corrected chi connectivity index (χ1v) is 10.7. The predicted molar refractivity (Wildman–Crippen MR) is 120 cm³/mol. The van der Waals surface area contributed by atoms with Gasteiger partial charge in [-0.3, -0.25) is 14.1 Å². The number of nitrogens with zero attached hydrogens (tertiary/aromatic N) is 6. The van der Waals surface area contributed by atoms with Gasteiger partial charge in [-0.1, -0.05) is 55.6 Å². The fourth-order valence-corrected chi connectivity index (χ4v) is 3.97. The van der Waals surface area contributed by atoms with Crippen LogP contribution in [-0.2, 0) is 20.0 Å². The summed E-state index contributed by atoms with van der Waals surface area (Å²) in [5, 5.41) is 14.8. The molecule has 0 bridgehead atoms. The lowest BCUT2D eigenvalue weighted by atomic mass is 10.0. The second-order valence-corrected chi connectivity index (χ2v) is 7.83. The first kappa shape index (κ1) is 21.0. The Balaban J connectivity index is 1.61. The van der Waals surface area contributed by atoms with E-state index in [9.17, 15) is 4.79 Å². The van der Waals surface area contributed by atoms with Gasteiger partial charge in [-0.2, -0.15) is 5.21 Å². The first-order chi connectivity index (χ1) is 15.1. The maximum Gasteiger partial charge on any atom is 0.329 e. The number of aromatic nitrogens is 7. The van der Waals surface area contributed by atoms with Gasteiger partial charge < -0.3 is 0 Å². The molecule has 0 aliphatic heterocycles. The molecule has 0 amide bonds. The van der Waals surface area contributed by atoms with Gasteiger partial charge in [-0.15, -0.1) is 10.2 Å². The molecule has 0 fully saturated rings. The third-order valence-electron chi connectivity index (χ3n) is 5.41. The summed E-state index contributed by atoms with van der Waals surface area (Å²) in [6.07, 6.45) is 7.53. The molecule has 0 aliphatic rings. The number of benzene rings is 1. The third kappa shape index (κ3) is 4.29. The molecular weight excluding hydrogens is 414 g/mol. The average Bonchev–Trinajstić information content (AvgIpc) is 3.40. The lowest BCUT2D eigenvalue weighted by molar-refractivity contribution is 0.649. The van der Waals surface area contributed by atoms with E-state index in [1.165, 1.54) is 4.57 Å². The monoisotopic (exact) mass is 437 g/mol. The fraction of sp³-hybridized carbons (Fsp3) is 0.318. The van der Waals surface area contributed by atoms with Crippen LogP contribution in [0.15, 0.2) is 47.5 Å². The zero-order valence-electron chi connectivity index (χ0n) is 17.5. The number of nitrogens with one attached hydrogen (secondary N) is 1. The molecule has 4 rings (SSSR count). The molecule has 1 aromatic carbocycles. The quantitative estimate of drug-likeness (QED) is 0.422. The Kier molecular flexibility index (Phi) is 6.27. The molecule has 1 N–H and O–H groups in total. The van der Waals surface area contributed by atoms with E-state index in [-0.39, 0.29) is 5.69 Å². The summed E-state index contributed by atoms with van der Waals surface area (Å²) in [5.41, 5.74) is 4.58. The summed E-state index contributed by atoms with van der Waals surface area (Å²) in [7, 11) is 1.72. The number of tetrazole rings is 1. The number of rotatable bonds is 8. The van der Waals surface area contributed by atoms with Crippen LogP contribution in [0.5, 0.6) is 0 Å². The fourth-order valence-electron chi connectivity index (χ4n) is 3.70. The van der Waals surface area contributed by atoms with Crippen LogP contribution >= 0.6 is 11.6 Å². The van der Waals surface area contributed by atoms with Crippen molar-refractivity contribution in [2.75, 3.05) is 0 Å². The van der Waals surface area contributed by atoms with Crippen LogP contribution in [0, 0.1) is 0 Å². The minimum atomic E-state index is -0.0905. The average molecular weight is 438 g/mol. The summed E-state index contributed by atoms with van der Waals surface area (Å²) < 4.78 is 3.30. The van der Waals surface area contributed by atoms with E-state index in [1.54, 1.807) is 24.0 Å². The van der Waals surface area contributed by atoms with Gasteiger partial charge >= 0.3 is 5.69 Å². The summed E-state index contributed by atoms with van der Waals surface area (Å²) in [4.78, 5) is 17.0. The van der Waals surface area contributed by atoms with E-state index < -0.39 is 0 Å². The first-order valence-electron chi connectivity index (χ1n) is 10.3. The second kappa shape index (κ2) is 9.26. The Labute approximate surface area is 184 Å². The minimum Gasteiger partial charge on any atom is -0.290 e. The van der Waals surface area contributed by atoms with Gasteiger partial charge in [-0.25, -0.2) is 4.79 Å². The van der Waals surface area contributed by atoms with Gasteiger partial charge in [0.2, 0.25) is 5.82 Å². The largest absolute Gasteiger partial charge is 0.329 e. The number of halogens is 1. The molecule has 0 saturated heterocycles. The van der Waals surface area contributed by atoms with E-state index in [2.05, 4.69) is 32.5 Å². The van der Waals surface area contributed by atoms with Crippen molar-refractivity contribution in [2.24, 2.45) is 7.05 Å². The van der Waals surface area contributed by atoms with Crippen molar-refractivity contribution in [2.45, 2.75) is 39.2 Å². The highest BCUT2D eigenvalue weighted by molar-refractivity contribution is 6.30. The molecule has 3 aromatic heterocycles. The van der Waals surface area contributed by atoms with E-state index in [1.807, 2.05) is 30.3 Å². The number of hydrogen-bond donors (Lipinski definition) is 1. The summed E-state index contributed by atoms with van der Waals surface area (Å²) >= 11 is 6.45. The summed E-state index contributed by atoms with van der Waals surface area (Å²) in [6, 6.07) is 9.93. The Morgan fingerprint density at radius 1 is 1.10 bits per heavy atom. The van der Waals surface area contributed by atoms with Crippen molar-refractivity contribution in [1.82, 2.24) is 34.7 Å². The molecule has 9 heteroatoms. The number of imidazole rings is 1. The Bertz CT molecular complexity index is 1210. The number of unbranched alkanes of at least 4 members (excludes halogenated alkanes) is 2. The van der Waals surface area contributed by atoms with Crippen LogP contribution in [0.25, 0.3) is 22.5 Å². The highest BCUT2D eigenvalue weighted by Gasteiger charge is 2.16. The van der Waals surface area contributed by atoms with Crippen LogP contribution in [0.1, 0.15) is 37.4 Å². The Morgan fingerprint density at radius 3 is 2.61 bits per heavy atom. The number of H-pyrrole nitrogens is 1. The number of pyridine rings is 1. The third-order valence-corrected chi connectivity index (χ3v) is 5.88. The highest BCUT2D eigenvalue weighted by atomic mass is 35.5. The number of hydrogen-bond acceptors (Lipinski definition) is 5. The van der Waals surface area contributed by atoms with E-state index in [0.717, 1.165) is 53.6 Å². The molecule has 8 nitrogen and oxygen atoms in total. The van der Waals surface area contributed by atoms with Crippen molar-refractivity contribution >= 4 is 11.6 Å². The lowest BCUT2D eigenvalue weighted by Crippen LogP contribution is -2.24. The van der Waals surface area contributed by atoms with Crippen molar-refractivity contribution < 1.29 is 0 Å². The van der Waals surface area contributed by atoms with Gasteiger partial charge in [0.05, 0.1) is 12.2 Å². The van der Waals surface area contributed by atoms with E-state index >= 15 is 0 Å². The second-order valence-electron chi connectivity index (χ2n) is 7.48. The van der Waals surface area contributed by atoms with Crippen LogP contribution in [-0.4, -0.2) is 34.7 Å². The van der Waals surface area contributed by atoms with E-state index in [0.29, 0.717) is 17.5 Å². The van der Waals surface area contributed by atoms with Gasteiger partial charge in [0, 0.05) is 30.6 Å². The molecule has 0 saturated carbocycles. The molecule has 3 heterocycles. The molecule has 0 aliphatic carbocycles. The SMILES string of the molecule is CCCCCc1c(Cl)n(C)c(=O)n1Cc1ccc(-c2cnccc2-c2nn[nH]n2)cc1. The maximum absolute atomic E-state index is 12.7. The van der Waals surface area contributed by atoms with Crippen molar-refractivity contribution in [3.05, 3.63) is 69.6 Å². The standard InChI is InChI=1S/C22H24ClN7O/c1-3-4-5-6-19-20(23)29(2)22(31)30(19)14-15-7-9-16(10-8-15)18-13-24-12-11-17(18)21-25-27-28-26-21/h7-13H,3-6,14H2,1-2H3,(H,25,26,27,28). The van der Waals surface area contributed by atoms with Crippen molar-refractivity contribution in [1.29, 1.82) is 0 Å². The van der Waals surface area contributed by atoms with Gasteiger partial charge in [0.25, 0.3) is 0 Å². The zero-order valence-corrected chi connectivity index (χ0v) is 18.3. The molecule has 0 spiro atoms.